The van der Waals surface area contributed by atoms with Gasteiger partial charge in [-0.1, -0.05) is 18.9 Å². The zero-order chi connectivity index (χ0) is 23.0. The van der Waals surface area contributed by atoms with Crippen molar-refractivity contribution in [2.45, 2.75) is 64.0 Å². The summed E-state index contributed by atoms with van der Waals surface area (Å²) in [6.45, 7) is 8.04. The first-order valence-electron chi connectivity index (χ1n) is 12.9. The van der Waals surface area contributed by atoms with Gasteiger partial charge >= 0.3 is 6.03 Å². The predicted octanol–water partition coefficient (Wildman–Crippen LogP) is 4.10. The number of hydrogen-bond acceptors (Lipinski definition) is 4. The lowest BCUT2D eigenvalue weighted by Crippen LogP contribution is -2.51. The van der Waals surface area contributed by atoms with Crippen molar-refractivity contribution in [3.05, 3.63) is 29.6 Å². The number of piperidine rings is 2. The molecule has 0 unspecified atom stereocenters. The van der Waals surface area contributed by atoms with Crippen LogP contribution in [0, 0.1) is 11.7 Å². The summed E-state index contributed by atoms with van der Waals surface area (Å²) < 4.78 is 18.9. The molecule has 1 aromatic rings. The number of rotatable bonds is 6. The second kappa shape index (κ2) is 12.0. The van der Waals surface area contributed by atoms with Crippen LogP contribution in [0.1, 0.15) is 56.9 Å². The molecule has 0 atom stereocenters. The lowest BCUT2D eigenvalue weighted by Gasteiger charge is -2.37. The van der Waals surface area contributed by atoms with Crippen molar-refractivity contribution in [1.82, 2.24) is 20.0 Å². The van der Waals surface area contributed by atoms with E-state index in [2.05, 4.69) is 15.1 Å². The van der Waals surface area contributed by atoms with Gasteiger partial charge in [0, 0.05) is 45.3 Å². The quantitative estimate of drug-likeness (QED) is 0.695. The van der Waals surface area contributed by atoms with Gasteiger partial charge in [0.05, 0.1) is 7.11 Å². The number of halogens is 1. The number of urea groups is 1. The van der Waals surface area contributed by atoms with Gasteiger partial charge in [0.15, 0.2) is 11.6 Å². The van der Waals surface area contributed by atoms with E-state index in [1.165, 1.54) is 52.4 Å². The number of ether oxygens (including phenoxy) is 1. The summed E-state index contributed by atoms with van der Waals surface area (Å²) in [5, 5.41) is 3.28. The minimum Gasteiger partial charge on any atom is -0.494 e. The zero-order valence-corrected chi connectivity index (χ0v) is 20.2. The maximum atomic E-state index is 13.9. The highest BCUT2D eigenvalue weighted by Crippen LogP contribution is 2.22. The van der Waals surface area contributed by atoms with E-state index in [4.69, 9.17) is 4.74 Å². The van der Waals surface area contributed by atoms with E-state index in [0.717, 1.165) is 69.9 Å². The fourth-order valence-electron chi connectivity index (χ4n) is 5.57. The van der Waals surface area contributed by atoms with Crippen molar-refractivity contribution in [1.29, 1.82) is 0 Å². The van der Waals surface area contributed by atoms with Gasteiger partial charge in [-0.15, -0.1) is 0 Å². The van der Waals surface area contributed by atoms with E-state index in [0.29, 0.717) is 0 Å². The molecule has 0 aromatic heterocycles. The molecule has 3 aliphatic rings. The number of carbonyl (C=O) groups is 1. The lowest BCUT2D eigenvalue weighted by molar-refractivity contribution is 0.138. The number of nitrogens with zero attached hydrogens (tertiary/aromatic N) is 3. The lowest BCUT2D eigenvalue weighted by atomic mass is 9.96. The molecular formula is C26H41FN4O2. The van der Waals surface area contributed by atoms with Crippen molar-refractivity contribution < 1.29 is 13.9 Å². The molecule has 0 saturated carbocycles. The molecular weight excluding hydrogens is 419 g/mol. The van der Waals surface area contributed by atoms with Crippen LogP contribution in [0.15, 0.2) is 18.2 Å². The second-order valence-electron chi connectivity index (χ2n) is 10.1. The highest BCUT2D eigenvalue weighted by molar-refractivity contribution is 5.74. The normalized spacial score (nSPS) is 22.2. The van der Waals surface area contributed by atoms with Gasteiger partial charge in [-0.25, -0.2) is 9.18 Å². The molecule has 6 nitrogen and oxygen atoms in total. The van der Waals surface area contributed by atoms with E-state index < -0.39 is 0 Å². The van der Waals surface area contributed by atoms with E-state index >= 15 is 0 Å². The van der Waals surface area contributed by atoms with Gasteiger partial charge in [0.1, 0.15) is 0 Å². The molecule has 0 aliphatic carbocycles. The van der Waals surface area contributed by atoms with Gasteiger partial charge in [0.25, 0.3) is 0 Å². The van der Waals surface area contributed by atoms with Gasteiger partial charge in [-0.05, 0) is 75.2 Å². The Bertz CT molecular complexity index is 753. The third-order valence-electron chi connectivity index (χ3n) is 7.65. The van der Waals surface area contributed by atoms with Crippen LogP contribution in [0.25, 0.3) is 0 Å². The monoisotopic (exact) mass is 460 g/mol. The smallest absolute Gasteiger partial charge is 0.317 e. The second-order valence-corrected chi connectivity index (χ2v) is 10.1. The zero-order valence-electron chi connectivity index (χ0n) is 20.2. The molecule has 2 amide bonds. The molecule has 0 spiro atoms. The maximum Gasteiger partial charge on any atom is 0.317 e. The van der Waals surface area contributed by atoms with Gasteiger partial charge < -0.3 is 19.9 Å². The third-order valence-corrected chi connectivity index (χ3v) is 7.65. The number of likely N-dealkylation sites (tertiary alicyclic amines) is 3. The van der Waals surface area contributed by atoms with Crippen LogP contribution in [0.3, 0.4) is 0 Å². The first-order valence-corrected chi connectivity index (χ1v) is 12.9. The van der Waals surface area contributed by atoms with Gasteiger partial charge in [-0.3, -0.25) is 4.90 Å². The molecule has 3 saturated heterocycles. The largest absolute Gasteiger partial charge is 0.494 e. The van der Waals surface area contributed by atoms with Crippen molar-refractivity contribution in [3.63, 3.8) is 0 Å². The summed E-state index contributed by atoms with van der Waals surface area (Å²) in [6, 6.07) is 5.51. The van der Waals surface area contributed by atoms with Crippen molar-refractivity contribution in [3.8, 4) is 5.75 Å². The summed E-state index contributed by atoms with van der Waals surface area (Å²) in [7, 11) is 1.48. The summed E-state index contributed by atoms with van der Waals surface area (Å²) in [6.07, 6.45) is 9.59. The summed E-state index contributed by atoms with van der Waals surface area (Å²) in [4.78, 5) is 19.8. The number of methoxy groups -OCH3 is 1. The fraction of sp³-hybridized carbons (Fsp3) is 0.731. The Morgan fingerprint density at radius 3 is 2.30 bits per heavy atom. The highest BCUT2D eigenvalue weighted by atomic mass is 19.1. The molecule has 33 heavy (non-hydrogen) atoms. The molecule has 1 aromatic carbocycles. The average molecular weight is 461 g/mol. The van der Waals surface area contributed by atoms with Crippen molar-refractivity contribution in [2.24, 2.45) is 5.92 Å². The van der Waals surface area contributed by atoms with Crippen LogP contribution in [-0.4, -0.2) is 79.7 Å². The summed E-state index contributed by atoms with van der Waals surface area (Å²) in [5.41, 5.74) is 0.957. The Labute approximate surface area is 198 Å². The van der Waals surface area contributed by atoms with Crippen LogP contribution < -0.4 is 10.1 Å². The van der Waals surface area contributed by atoms with E-state index in [-0.39, 0.29) is 23.6 Å². The first-order chi connectivity index (χ1) is 16.1. The van der Waals surface area contributed by atoms with E-state index in [9.17, 15) is 9.18 Å². The van der Waals surface area contributed by atoms with Crippen molar-refractivity contribution >= 4 is 6.03 Å². The Balaban J connectivity index is 1.14. The molecule has 0 radical (unpaired) electrons. The molecule has 1 N–H and O–H groups in total. The average Bonchev–Trinajstić information content (AvgIpc) is 3.10. The van der Waals surface area contributed by atoms with E-state index in [1.807, 2.05) is 11.0 Å². The Morgan fingerprint density at radius 2 is 1.67 bits per heavy atom. The van der Waals surface area contributed by atoms with E-state index in [1.54, 1.807) is 12.1 Å². The molecule has 0 bridgehead atoms. The number of nitrogens with one attached hydrogen (secondary N) is 1. The number of hydrogen-bond donors (Lipinski definition) is 1. The Hall–Kier alpha value is -1.86. The molecule has 184 valence electrons. The third kappa shape index (κ3) is 7.06. The number of carbonyl (C=O) groups excluding carboxylic acids is 1. The van der Waals surface area contributed by atoms with Gasteiger partial charge in [0.2, 0.25) is 0 Å². The SMILES string of the molecule is COc1ccc(CN2CCC(NC(=O)N3CCC(CN4CCCCCC4)CC3)CC2)cc1F. The summed E-state index contributed by atoms with van der Waals surface area (Å²) in [5.74, 6) is 0.705. The standard InChI is InChI=1S/C26H41FN4O2/c1-33-25-7-6-22(18-24(25)27)20-30-14-10-23(11-15-30)28-26(32)31-16-8-21(9-17-31)19-29-12-4-2-3-5-13-29/h6-7,18,21,23H,2-5,8-17,19-20H2,1H3,(H,28,32). The maximum absolute atomic E-state index is 13.9. The van der Waals surface area contributed by atoms with Crippen molar-refractivity contribution in [2.75, 3.05) is 52.9 Å². The summed E-state index contributed by atoms with van der Waals surface area (Å²) >= 11 is 0. The van der Waals surface area contributed by atoms with Gasteiger partial charge in [-0.2, -0.15) is 0 Å². The van der Waals surface area contributed by atoms with Crippen LogP contribution in [0.5, 0.6) is 5.75 Å². The van der Waals surface area contributed by atoms with Crippen LogP contribution in [0.4, 0.5) is 9.18 Å². The Morgan fingerprint density at radius 1 is 0.970 bits per heavy atom. The first kappa shape index (κ1) is 24.3. The Kier molecular flexibility index (Phi) is 8.84. The minimum atomic E-state index is -0.313. The molecule has 4 rings (SSSR count). The van der Waals surface area contributed by atoms with Crippen LogP contribution in [0.2, 0.25) is 0 Å². The molecule has 7 heteroatoms. The fourth-order valence-corrected chi connectivity index (χ4v) is 5.57. The van der Waals surface area contributed by atoms with Crippen LogP contribution in [-0.2, 0) is 6.54 Å². The molecule has 3 heterocycles. The van der Waals surface area contributed by atoms with Crippen LogP contribution >= 0.6 is 0 Å². The highest BCUT2D eigenvalue weighted by Gasteiger charge is 2.27. The molecule has 3 aliphatic heterocycles. The topological polar surface area (TPSA) is 48.1 Å². The minimum absolute atomic E-state index is 0.110. The molecule has 3 fully saturated rings. The number of amides is 2. The predicted molar refractivity (Wildman–Crippen MR) is 129 cm³/mol. The number of benzene rings is 1.